The summed E-state index contributed by atoms with van der Waals surface area (Å²) >= 11 is 0. The molecule has 2 aromatic carbocycles. The fourth-order valence-corrected chi connectivity index (χ4v) is 1.93. The Balaban J connectivity index is 1.79. The molecule has 20 heavy (non-hydrogen) atoms. The molecule has 0 bridgehead atoms. The number of carbonyl (C=O) groups is 1. The highest BCUT2D eigenvalue weighted by Gasteiger charge is 2.14. The number of hydrogen-bond acceptors (Lipinski definition) is 3. The van der Waals surface area contributed by atoms with Crippen LogP contribution in [0.25, 0.3) is 6.08 Å². The van der Waals surface area contributed by atoms with Crippen molar-refractivity contribution in [2.45, 2.75) is 0 Å². The number of carbonyl (C=O) groups excluding carboxylic acids is 1. The van der Waals surface area contributed by atoms with Crippen LogP contribution < -0.4 is 9.47 Å². The Hall–Kier alpha value is -2.62. The molecule has 0 saturated heterocycles. The van der Waals surface area contributed by atoms with Crippen LogP contribution in [0.5, 0.6) is 11.5 Å². The minimum absolute atomic E-state index is 0.173. The van der Waals surface area contributed by atoms with Crippen molar-refractivity contribution in [1.82, 2.24) is 0 Å². The summed E-state index contributed by atoms with van der Waals surface area (Å²) in [5, 5.41) is 0. The summed E-state index contributed by atoms with van der Waals surface area (Å²) in [6.45, 7) is 0.173. The molecule has 0 fully saturated rings. The number of halogens is 1. The van der Waals surface area contributed by atoms with Crippen molar-refractivity contribution in [3.05, 3.63) is 65.5 Å². The maximum absolute atomic E-state index is 13.0. The van der Waals surface area contributed by atoms with E-state index in [1.54, 1.807) is 36.4 Å². The fraction of sp³-hybridized carbons (Fsp3) is 0.0625. The molecule has 0 unspecified atom stereocenters. The zero-order valence-corrected chi connectivity index (χ0v) is 10.5. The van der Waals surface area contributed by atoms with Crippen LogP contribution in [0.15, 0.2) is 48.5 Å². The zero-order valence-electron chi connectivity index (χ0n) is 10.5. The second kappa shape index (κ2) is 5.17. The summed E-state index contributed by atoms with van der Waals surface area (Å²) in [6.07, 6.45) is 2.99. The molecular weight excluding hydrogens is 259 g/mol. The van der Waals surface area contributed by atoms with Crippen molar-refractivity contribution in [1.29, 1.82) is 0 Å². The molecule has 100 valence electrons. The van der Waals surface area contributed by atoms with Gasteiger partial charge in [0.25, 0.3) is 0 Å². The van der Waals surface area contributed by atoms with Crippen LogP contribution in [0.2, 0.25) is 0 Å². The molecule has 0 saturated carbocycles. The van der Waals surface area contributed by atoms with E-state index in [1.165, 1.54) is 18.2 Å². The maximum Gasteiger partial charge on any atom is 0.231 e. The maximum atomic E-state index is 13.0. The number of hydrogen-bond donors (Lipinski definition) is 0. The Kier molecular flexibility index (Phi) is 3.21. The Labute approximate surface area is 115 Å². The van der Waals surface area contributed by atoms with Crippen molar-refractivity contribution in [2.24, 2.45) is 0 Å². The van der Waals surface area contributed by atoms with Gasteiger partial charge in [-0.25, -0.2) is 4.39 Å². The summed E-state index contributed by atoms with van der Waals surface area (Å²) in [5.41, 5.74) is 1.14. The molecule has 0 radical (unpaired) electrons. The van der Waals surface area contributed by atoms with Crippen molar-refractivity contribution >= 4 is 11.9 Å². The van der Waals surface area contributed by atoms with E-state index in [-0.39, 0.29) is 18.4 Å². The van der Waals surface area contributed by atoms with Crippen LogP contribution in [0.1, 0.15) is 15.9 Å². The molecule has 0 aliphatic carbocycles. The number of allylic oxidation sites excluding steroid dienone is 1. The van der Waals surface area contributed by atoms with E-state index < -0.39 is 0 Å². The van der Waals surface area contributed by atoms with Crippen molar-refractivity contribution < 1.29 is 18.7 Å². The molecular formula is C16H11FO3. The highest BCUT2D eigenvalue weighted by molar-refractivity contribution is 6.07. The Morgan fingerprint density at radius 2 is 1.95 bits per heavy atom. The van der Waals surface area contributed by atoms with Crippen LogP contribution in [0, 0.1) is 5.82 Å². The number of ether oxygens (including phenoxy) is 2. The van der Waals surface area contributed by atoms with Gasteiger partial charge < -0.3 is 9.47 Å². The lowest BCUT2D eigenvalue weighted by Crippen LogP contribution is -1.94. The first-order valence-corrected chi connectivity index (χ1v) is 6.10. The third kappa shape index (κ3) is 2.54. The number of benzene rings is 2. The second-order valence-electron chi connectivity index (χ2n) is 4.32. The Morgan fingerprint density at radius 1 is 1.10 bits per heavy atom. The van der Waals surface area contributed by atoms with E-state index in [0.717, 1.165) is 0 Å². The van der Waals surface area contributed by atoms with Crippen LogP contribution in [0.4, 0.5) is 4.39 Å². The summed E-state index contributed by atoms with van der Waals surface area (Å²) in [4.78, 5) is 12.0. The normalized spacial score (nSPS) is 12.8. The van der Waals surface area contributed by atoms with Gasteiger partial charge in [-0.1, -0.05) is 18.2 Å². The highest BCUT2D eigenvalue weighted by Crippen LogP contribution is 2.32. The average Bonchev–Trinajstić information content (AvgIpc) is 2.92. The molecule has 2 aromatic rings. The smallest absolute Gasteiger partial charge is 0.231 e. The number of rotatable bonds is 3. The van der Waals surface area contributed by atoms with Crippen LogP contribution >= 0.6 is 0 Å². The molecule has 3 nitrogen and oxygen atoms in total. The highest BCUT2D eigenvalue weighted by atomic mass is 19.1. The molecule has 4 heteroatoms. The molecule has 0 N–H and O–H groups in total. The van der Waals surface area contributed by atoms with Crippen molar-refractivity contribution in [3.63, 3.8) is 0 Å². The largest absolute Gasteiger partial charge is 0.454 e. The third-order valence-corrected chi connectivity index (χ3v) is 2.93. The van der Waals surface area contributed by atoms with Gasteiger partial charge in [-0.3, -0.25) is 4.79 Å². The molecule has 1 aliphatic rings. The van der Waals surface area contributed by atoms with Gasteiger partial charge in [-0.15, -0.1) is 0 Å². The zero-order chi connectivity index (χ0) is 13.9. The Morgan fingerprint density at radius 3 is 2.80 bits per heavy atom. The molecule has 0 amide bonds. The lowest BCUT2D eigenvalue weighted by atomic mass is 10.1. The lowest BCUT2D eigenvalue weighted by molar-refractivity contribution is 0.104. The number of fused-ring (bicyclic) bond motifs is 1. The van der Waals surface area contributed by atoms with Gasteiger partial charge >= 0.3 is 0 Å². The van der Waals surface area contributed by atoms with Gasteiger partial charge in [0.2, 0.25) is 6.79 Å². The van der Waals surface area contributed by atoms with Gasteiger partial charge in [0, 0.05) is 5.56 Å². The quantitative estimate of drug-likeness (QED) is 0.633. The van der Waals surface area contributed by atoms with Crippen LogP contribution in [0.3, 0.4) is 0 Å². The van der Waals surface area contributed by atoms with E-state index in [9.17, 15) is 9.18 Å². The minimum Gasteiger partial charge on any atom is -0.454 e. The topological polar surface area (TPSA) is 35.5 Å². The lowest BCUT2D eigenvalue weighted by Gasteiger charge is -1.99. The van der Waals surface area contributed by atoms with E-state index in [2.05, 4.69) is 0 Å². The molecule has 0 aromatic heterocycles. The molecule has 1 heterocycles. The monoisotopic (exact) mass is 270 g/mol. The molecule has 3 rings (SSSR count). The van der Waals surface area contributed by atoms with E-state index in [4.69, 9.17) is 9.47 Å². The van der Waals surface area contributed by atoms with E-state index in [1.807, 2.05) is 0 Å². The van der Waals surface area contributed by atoms with Crippen LogP contribution in [-0.4, -0.2) is 12.6 Å². The predicted octanol–water partition coefficient (Wildman–Crippen LogP) is 3.45. The minimum atomic E-state index is -0.331. The summed E-state index contributed by atoms with van der Waals surface area (Å²) in [5.74, 6) is 0.695. The van der Waals surface area contributed by atoms with Gasteiger partial charge in [-0.05, 0) is 42.0 Å². The summed E-state index contributed by atoms with van der Waals surface area (Å²) in [7, 11) is 0. The van der Waals surface area contributed by atoms with E-state index >= 15 is 0 Å². The summed E-state index contributed by atoms with van der Waals surface area (Å²) in [6, 6.07) is 11.1. The molecule has 0 atom stereocenters. The first-order chi connectivity index (χ1) is 9.72. The van der Waals surface area contributed by atoms with Crippen molar-refractivity contribution in [3.8, 4) is 11.5 Å². The summed E-state index contributed by atoms with van der Waals surface area (Å²) < 4.78 is 23.4. The first kappa shape index (κ1) is 12.4. The van der Waals surface area contributed by atoms with Gasteiger partial charge in [0.1, 0.15) is 5.82 Å². The molecule has 1 aliphatic heterocycles. The standard InChI is InChI=1S/C16H11FO3/c17-13-3-1-2-11(8-13)4-6-14(18)12-5-7-15-16(9-12)20-10-19-15/h1-9H,10H2. The Bertz CT molecular complexity index is 692. The predicted molar refractivity (Wildman–Crippen MR) is 72.3 cm³/mol. The molecule has 0 spiro atoms. The first-order valence-electron chi connectivity index (χ1n) is 6.10. The SMILES string of the molecule is O=C(C=Cc1cccc(F)c1)c1ccc2c(c1)OCO2. The number of ketones is 1. The fourth-order valence-electron chi connectivity index (χ4n) is 1.93. The second-order valence-corrected chi connectivity index (χ2v) is 4.32. The van der Waals surface area contributed by atoms with Gasteiger partial charge in [0.15, 0.2) is 17.3 Å². The third-order valence-electron chi connectivity index (χ3n) is 2.93. The van der Waals surface area contributed by atoms with Gasteiger partial charge in [-0.2, -0.15) is 0 Å². The van der Waals surface area contributed by atoms with Gasteiger partial charge in [0.05, 0.1) is 0 Å². The van der Waals surface area contributed by atoms with E-state index in [0.29, 0.717) is 22.6 Å². The van der Waals surface area contributed by atoms with Crippen LogP contribution in [-0.2, 0) is 0 Å². The van der Waals surface area contributed by atoms with Crippen molar-refractivity contribution in [2.75, 3.05) is 6.79 Å². The average molecular weight is 270 g/mol.